The summed E-state index contributed by atoms with van der Waals surface area (Å²) in [5.74, 6) is 0.0145. The molecule has 1 aromatic rings. The van der Waals surface area contributed by atoms with E-state index in [0.717, 1.165) is 31.2 Å². The normalized spacial score (nSPS) is 16.3. The van der Waals surface area contributed by atoms with Gasteiger partial charge >= 0.3 is 0 Å². The molecule has 24 heavy (non-hydrogen) atoms. The summed E-state index contributed by atoms with van der Waals surface area (Å²) in [4.78, 5) is 12.0. The maximum Gasteiger partial charge on any atom is 0.240 e. The molecule has 1 aliphatic carbocycles. The van der Waals surface area contributed by atoms with E-state index in [1.165, 1.54) is 6.42 Å². The highest BCUT2D eigenvalue weighted by atomic mass is 32.2. The van der Waals surface area contributed by atoms with E-state index in [1.54, 1.807) is 24.3 Å². The maximum atomic E-state index is 12.4. The number of rotatable bonds is 7. The van der Waals surface area contributed by atoms with E-state index in [9.17, 15) is 13.2 Å². The zero-order chi connectivity index (χ0) is 17.6. The number of amides is 1. The number of benzene rings is 1. The van der Waals surface area contributed by atoms with Crippen molar-refractivity contribution in [2.75, 3.05) is 0 Å². The van der Waals surface area contributed by atoms with Crippen LogP contribution in [0.5, 0.6) is 0 Å². The summed E-state index contributed by atoms with van der Waals surface area (Å²) in [5, 5.41) is 2.85. The van der Waals surface area contributed by atoms with Crippen LogP contribution in [0.3, 0.4) is 0 Å². The zero-order valence-corrected chi connectivity index (χ0v) is 15.4. The summed E-state index contributed by atoms with van der Waals surface area (Å²) in [5.41, 5.74) is 0.963. The van der Waals surface area contributed by atoms with Gasteiger partial charge in [0, 0.05) is 18.5 Å². The predicted octanol–water partition coefficient (Wildman–Crippen LogP) is 2.75. The summed E-state index contributed by atoms with van der Waals surface area (Å²) >= 11 is 0. The van der Waals surface area contributed by atoms with E-state index >= 15 is 0 Å². The molecular weight excluding hydrogens is 324 g/mol. The average Bonchev–Trinajstić information content (AvgIpc) is 2.53. The Morgan fingerprint density at radius 3 is 2.33 bits per heavy atom. The van der Waals surface area contributed by atoms with Crippen molar-refractivity contribution in [2.45, 2.75) is 75.8 Å². The highest BCUT2D eigenvalue weighted by Crippen LogP contribution is 2.20. The molecule has 0 aliphatic heterocycles. The van der Waals surface area contributed by atoms with Crippen LogP contribution in [-0.4, -0.2) is 26.4 Å². The molecule has 0 bridgehead atoms. The molecule has 1 fully saturated rings. The van der Waals surface area contributed by atoms with Gasteiger partial charge in [0.05, 0.1) is 4.90 Å². The van der Waals surface area contributed by atoms with Crippen LogP contribution in [0.1, 0.15) is 57.9 Å². The van der Waals surface area contributed by atoms with Gasteiger partial charge < -0.3 is 5.32 Å². The molecule has 1 amide bonds. The SMILES string of the molecule is CC(C)NC(=O)CCc1ccc(S(=O)(=O)NC2CCCCC2)cc1. The number of sulfonamides is 1. The van der Waals surface area contributed by atoms with Gasteiger partial charge in [-0.15, -0.1) is 0 Å². The molecule has 0 aromatic heterocycles. The van der Waals surface area contributed by atoms with E-state index in [4.69, 9.17) is 0 Å². The van der Waals surface area contributed by atoms with Gasteiger partial charge in [0.2, 0.25) is 15.9 Å². The van der Waals surface area contributed by atoms with Crippen molar-refractivity contribution in [1.29, 1.82) is 0 Å². The Balaban J connectivity index is 1.91. The molecule has 0 heterocycles. The van der Waals surface area contributed by atoms with Crippen molar-refractivity contribution in [1.82, 2.24) is 10.0 Å². The predicted molar refractivity (Wildman–Crippen MR) is 95.2 cm³/mol. The average molecular weight is 353 g/mol. The molecule has 5 nitrogen and oxygen atoms in total. The van der Waals surface area contributed by atoms with Crippen molar-refractivity contribution in [3.63, 3.8) is 0 Å². The second-order valence-electron chi connectivity index (χ2n) is 6.82. The first-order chi connectivity index (χ1) is 11.4. The van der Waals surface area contributed by atoms with E-state index in [2.05, 4.69) is 10.0 Å². The molecule has 2 N–H and O–H groups in total. The highest BCUT2D eigenvalue weighted by molar-refractivity contribution is 7.89. The molecule has 1 aromatic carbocycles. The fourth-order valence-electron chi connectivity index (χ4n) is 3.00. The van der Waals surface area contributed by atoms with E-state index in [-0.39, 0.29) is 18.0 Å². The van der Waals surface area contributed by atoms with E-state index in [1.807, 2.05) is 13.8 Å². The molecule has 134 valence electrons. The third-order valence-electron chi connectivity index (χ3n) is 4.25. The van der Waals surface area contributed by atoms with Crippen LogP contribution in [0.2, 0.25) is 0 Å². The van der Waals surface area contributed by atoms with Gasteiger partial charge in [-0.05, 0) is 50.8 Å². The van der Waals surface area contributed by atoms with E-state index in [0.29, 0.717) is 17.7 Å². The lowest BCUT2D eigenvalue weighted by molar-refractivity contribution is -0.121. The molecule has 0 atom stereocenters. The lowest BCUT2D eigenvalue weighted by Crippen LogP contribution is -2.36. The van der Waals surface area contributed by atoms with Crippen LogP contribution in [0.15, 0.2) is 29.2 Å². The van der Waals surface area contributed by atoms with Crippen molar-refractivity contribution in [2.24, 2.45) is 0 Å². The van der Waals surface area contributed by atoms with Crippen LogP contribution in [0, 0.1) is 0 Å². The van der Waals surface area contributed by atoms with Crippen molar-refractivity contribution < 1.29 is 13.2 Å². The van der Waals surface area contributed by atoms with Gasteiger partial charge in [0.15, 0.2) is 0 Å². The summed E-state index contributed by atoms with van der Waals surface area (Å²) in [6.07, 6.45) is 6.22. The first kappa shape index (κ1) is 18.9. The standard InChI is InChI=1S/C18H28N2O3S/c1-14(2)19-18(21)13-10-15-8-11-17(12-9-15)24(22,23)20-16-6-4-3-5-7-16/h8-9,11-12,14,16,20H,3-7,10,13H2,1-2H3,(H,19,21). The molecule has 6 heteroatoms. The molecule has 0 saturated heterocycles. The Morgan fingerprint density at radius 1 is 1.12 bits per heavy atom. The Bertz CT molecular complexity index is 633. The van der Waals surface area contributed by atoms with Gasteiger partial charge in [-0.3, -0.25) is 4.79 Å². The van der Waals surface area contributed by atoms with Crippen LogP contribution in [0.4, 0.5) is 0 Å². The number of carbonyl (C=O) groups is 1. The van der Waals surface area contributed by atoms with Gasteiger partial charge in [-0.2, -0.15) is 0 Å². The smallest absolute Gasteiger partial charge is 0.240 e. The third-order valence-corrected chi connectivity index (χ3v) is 5.79. The molecule has 2 rings (SSSR count). The lowest BCUT2D eigenvalue weighted by atomic mass is 9.96. The Hall–Kier alpha value is -1.40. The monoisotopic (exact) mass is 352 g/mol. The van der Waals surface area contributed by atoms with Gasteiger partial charge in [0.1, 0.15) is 0 Å². The summed E-state index contributed by atoms with van der Waals surface area (Å²) in [6.45, 7) is 3.85. The fraction of sp³-hybridized carbons (Fsp3) is 0.611. The van der Waals surface area contributed by atoms with Crippen molar-refractivity contribution in [3.8, 4) is 0 Å². The number of aryl methyl sites for hydroxylation is 1. The maximum absolute atomic E-state index is 12.4. The molecular formula is C18H28N2O3S. The Labute approximate surface area is 145 Å². The summed E-state index contributed by atoms with van der Waals surface area (Å²) < 4.78 is 27.7. The first-order valence-electron chi connectivity index (χ1n) is 8.77. The molecule has 0 unspecified atom stereocenters. The number of hydrogen-bond donors (Lipinski definition) is 2. The quantitative estimate of drug-likeness (QED) is 0.792. The molecule has 0 spiro atoms. The zero-order valence-electron chi connectivity index (χ0n) is 14.5. The Morgan fingerprint density at radius 2 is 1.75 bits per heavy atom. The molecule has 1 saturated carbocycles. The third kappa shape index (κ3) is 5.91. The highest BCUT2D eigenvalue weighted by Gasteiger charge is 2.21. The Kier molecular flexibility index (Phi) is 6.80. The minimum atomic E-state index is -3.45. The second kappa shape index (κ2) is 8.62. The topological polar surface area (TPSA) is 75.3 Å². The number of carbonyl (C=O) groups excluding carboxylic acids is 1. The summed E-state index contributed by atoms with van der Waals surface area (Å²) in [7, 11) is -3.45. The number of hydrogen-bond acceptors (Lipinski definition) is 3. The second-order valence-corrected chi connectivity index (χ2v) is 8.54. The van der Waals surface area contributed by atoms with Crippen LogP contribution in [-0.2, 0) is 21.2 Å². The number of nitrogens with one attached hydrogen (secondary N) is 2. The summed E-state index contributed by atoms with van der Waals surface area (Å²) in [6, 6.07) is 7.02. The minimum absolute atomic E-state index is 0.0145. The molecule has 0 radical (unpaired) electrons. The van der Waals surface area contributed by atoms with Gasteiger partial charge in [-0.25, -0.2) is 13.1 Å². The van der Waals surface area contributed by atoms with Crippen LogP contribution in [0.25, 0.3) is 0 Å². The van der Waals surface area contributed by atoms with Crippen molar-refractivity contribution >= 4 is 15.9 Å². The largest absolute Gasteiger partial charge is 0.354 e. The van der Waals surface area contributed by atoms with Gasteiger partial charge in [0.25, 0.3) is 0 Å². The first-order valence-corrected chi connectivity index (χ1v) is 10.3. The fourth-order valence-corrected chi connectivity index (χ4v) is 4.30. The lowest BCUT2D eigenvalue weighted by Gasteiger charge is -2.22. The molecule has 1 aliphatic rings. The van der Waals surface area contributed by atoms with Crippen LogP contribution >= 0.6 is 0 Å². The minimum Gasteiger partial charge on any atom is -0.354 e. The van der Waals surface area contributed by atoms with Crippen molar-refractivity contribution in [3.05, 3.63) is 29.8 Å². The van der Waals surface area contributed by atoms with E-state index < -0.39 is 10.0 Å². The van der Waals surface area contributed by atoms with Gasteiger partial charge in [-0.1, -0.05) is 31.4 Å². The van der Waals surface area contributed by atoms with Crippen LogP contribution < -0.4 is 10.0 Å².